The third-order valence-electron chi connectivity index (χ3n) is 3.62. The Bertz CT molecular complexity index is 754. The minimum Gasteiger partial charge on any atom is -0.322 e. The molecule has 0 radical (unpaired) electrons. The average molecular weight is 308 g/mol. The highest BCUT2D eigenvalue weighted by atomic mass is 16.2. The summed E-state index contributed by atoms with van der Waals surface area (Å²) in [5.74, 6) is -0.206. The summed E-state index contributed by atoms with van der Waals surface area (Å²) in [6.07, 6.45) is 3.57. The molecule has 1 unspecified atom stereocenters. The Morgan fingerprint density at radius 3 is 2.70 bits per heavy atom. The van der Waals surface area contributed by atoms with Gasteiger partial charge in [-0.3, -0.25) is 14.6 Å². The molecule has 2 N–H and O–H groups in total. The maximum atomic E-state index is 12.1. The number of hydrogen-bond donors (Lipinski definition) is 2. The second-order valence-corrected chi connectivity index (χ2v) is 5.41. The van der Waals surface area contributed by atoms with E-state index in [4.69, 9.17) is 0 Å². The maximum Gasteiger partial charge on any atom is 0.257 e. The van der Waals surface area contributed by atoms with Crippen LogP contribution in [0.15, 0.2) is 53.9 Å². The van der Waals surface area contributed by atoms with Crippen LogP contribution in [0.3, 0.4) is 0 Å². The highest BCUT2D eigenvalue weighted by molar-refractivity contribution is 6.07. The zero-order valence-electron chi connectivity index (χ0n) is 12.6. The Morgan fingerprint density at radius 1 is 1.26 bits per heavy atom. The van der Waals surface area contributed by atoms with E-state index in [1.165, 1.54) is 6.20 Å². The lowest BCUT2D eigenvalue weighted by molar-refractivity contribution is -0.121. The van der Waals surface area contributed by atoms with Gasteiger partial charge in [0.15, 0.2) is 0 Å². The van der Waals surface area contributed by atoms with Gasteiger partial charge in [-0.2, -0.15) is 5.10 Å². The number of anilines is 1. The van der Waals surface area contributed by atoms with Crippen molar-refractivity contribution in [2.24, 2.45) is 11.0 Å². The van der Waals surface area contributed by atoms with Gasteiger partial charge in [-0.05, 0) is 29.8 Å². The predicted octanol–water partition coefficient (Wildman–Crippen LogP) is 2.19. The lowest BCUT2D eigenvalue weighted by Gasteiger charge is -2.19. The van der Waals surface area contributed by atoms with Gasteiger partial charge in [-0.15, -0.1) is 0 Å². The Kier molecular flexibility index (Phi) is 4.14. The third kappa shape index (κ3) is 3.42. The quantitative estimate of drug-likeness (QED) is 0.911. The number of amides is 2. The van der Waals surface area contributed by atoms with Gasteiger partial charge in [-0.1, -0.05) is 19.1 Å². The molecule has 0 saturated heterocycles. The van der Waals surface area contributed by atoms with Gasteiger partial charge in [0.25, 0.3) is 5.91 Å². The van der Waals surface area contributed by atoms with Crippen molar-refractivity contribution in [3.8, 4) is 0 Å². The van der Waals surface area contributed by atoms with Gasteiger partial charge in [0, 0.05) is 30.4 Å². The number of pyridine rings is 1. The van der Waals surface area contributed by atoms with E-state index < -0.39 is 0 Å². The van der Waals surface area contributed by atoms with E-state index in [1.807, 2.05) is 31.2 Å². The number of nitrogens with one attached hydrogen (secondary N) is 2. The number of hydrazone groups is 1. The predicted molar refractivity (Wildman–Crippen MR) is 87.1 cm³/mol. The molecule has 6 nitrogen and oxygen atoms in total. The van der Waals surface area contributed by atoms with Crippen molar-refractivity contribution in [3.63, 3.8) is 0 Å². The molecule has 23 heavy (non-hydrogen) atoms. The summed E-state index contributed by atoms with van der Waals surface area (Å²) < 4.78 is 0. The summed E-state index contributed by atoms with van der Waals surface area (Å²) in [7, 11) is 0. The minimum absolute atomic E-state index is 0.0680. The van der Waals surface area contributed by atoms with Gasteiger partial charge in [0.05, 0.1) is 11.3 Å². The molecule has 2 amide bonds. The van der Waals surface area contributed by atoms with E-state index in [0.29, 0.717) is 17.7 Å². The van der Waals surface area contributed by atoms with Crippen LogP contribution in [0.4, 0.5) is 5.69 Å². The van der Waals surface area contributed by atoms with Crippen molar-refractivity contribution in [3.05, 3.63) is 59.9 Å². The number of aromatic nitrogens is 1. The van der Waals surface area contributed by atoms with Gasteiger partial charge in [0.2, 0.25) is 5.91 Å². The summed E-state index contributed by atoms with van der Waals surface area (Å²) >= 11 is 0. The molecule has 0 fully saturated rings. The number of hydrogen-bond acceptors (Lipinski definition) is 4. The lowest BCUT2D eigenvalue weighted by atomic mass is 9.94. The molecule has 1 aromatic heterocycles. The molecule has 0 spiro atoms. The van der Waals surface area contributed by atoms with Gasteiger partial charge >= 0.3 is 0 Å². The Morgan fingerprint density at radius 2 is 2.04 bits per heavy atom. The van der Waals surface area contributed by atoms with Crippen molar-refractivity contribution >= 4 is 23.2 Å². The first kappa shape index (κ1) is 14.9. The maximum absolute atomic E-state index is 12.1. The molecular weight excluding hydrogens is 292 g/mol. The lowest BCUT2D eigenvalue weighted by Crippen LogP contribution is -2.31. The average Bonchev–Trinajstić information content (AvgIpc) is 2.57. The van der Waals surface area contributed by atoms with Crippen LogP contribution in [0, 0.1) is 5.92 Å². The Labute approximate surface area is 133 Å². The molecule has 2 heterocycles. The number of carbonyl (C=O) groups is 2. The molecule has 0 bridgehead atoms. The molecule has 116 valence electrons. The molecule has 3 rings (SSSR count). The summed E-state index contributed by atoms with van der Waals surface area (Å²) in [5.41, 5.74) is 5.47. The first-order valence-corrected chi connectivity index (χ1v) is 7.32. The Hall–Kier alpha value is -3.02. The monoisotopic (exact) mass is 308 g/mol. The third-order valence-corrected chi connectivity index (χ3v) is 3.62. The second-order valence-electron chi connectivity index (χ2n) is 5.41. The molecule has 1 aromatic carbocycles. The van der Waals surface area contributed by atoms with Crippen LogP contribution in [-0.4, -0.2) is 22.5 Å². The van der Waals surface area contributed by atoms with Gasteiger partial charge in [-0.25, -0.2) is 5.43 Å². The Balaban J connectivity index is 1.73. The van der Waals surface area contributed by atoms with Crippen molar-refractivity contribution in [2.75, 3.05) is 5.32 Å². The van der Waals surface area contributed by atoms with Gasteiger partial charge < -0.3 is 5.32 Å². The van der Waals surface area contributed by atoms with E-state index >= 15 is 0 Å². The smallest absolute Gasteiger partial charge is 0.257 e. The number of nitrogens with zero attached hydrogens (tertiary/aromatic N) is 2. The fraction of sp³-hybridized carbons (Fsp3) is 0.176. The largest absolute Gasteiger partial charge is 0.322 e. The minimum atomic E-state index is -0.207. The van der Waals surface area contributed by atoms with Crippen LogP contribution < -0.4 is 10.7 Å². The first-order chi connectivity index (χ1) is 11.1. The highest BCUT2D eigenvalue weighted by Crippen LogP contribution is 2.18. The SMILES string of the molecule is CC1CC(=O)NN=C1c1ccc(NC(=O)c2cccnc2)cc1. The van der Waals surface area contributed by atoms with Crippen molar-refractivity contribution in [1.29, 1.82) is 0 Å². The molecule has 2 aromatic rings. The molecule has 0 aliphatic carbocycles. The second kappa shape index (κ2) is 6.39. The van der Waals surface area contributed by atoms with Crippen LogP contribution in [-0.2, 0) is 4.79 Å². The summed E-state index contributed by atoms with van der Waals surface area (Å²) in [6, 6.07) is 10.8. The van der Waals surface area contributed by atoms with Crippen molar-refractivity contribution in [2.45, 2.75) is 13.3 Å². The van der Waals surface area contributed by atoms with E-state index in [1.54, 1.807) is 18.3 Å². The molecule has 1 aliphatic rings. The zero-order chi connectivity index (χ0) is 16.2. The highest BCUT2D eigenvalue weighted by Gasteiger charge is 2.21. The van der Waals surface area contributed by atoms with Crippen LogP contribution in [0.25, 0.3) is 0 Å². The van der Waals surface area contributed by atoms with Crippen LogP contribution in [0.2, 0.25) is 0 Å². The number of rotatable bonds is 3. The number of carbonyl (C=O) groups excluding carboxylic acids is 2. The molecule has 6 heteroatoms. The molecular formula is C17H16N4O2. The van der Waals surface area contributed by atoms with Crippen LogP contribution in [0.5, 0.6) is 0 Å². The summed E-state index contributed by atoms with van der Waals surface area (Å²) in [6.45, 7) is 1.97. The van der Waals surface area contributed by atoms with Crippen molar-refractivity contribution < 1.29 is 9.59 Å². The topological polar surface area (TPSA) is 83.5 Å². The van der Waals surface area contributed by atoms with Crippen LogP contribution in [0.1, 0.15) is 29.3 Å². The zero-order valence-corrected chi connectivity index (χ0v) is 12.6. The summed E-state index contributed by atoms with van der Waals surface area (Å²) in [5, 5.41) is 6.94. The van der Waals surface area contributed by atoms with Crippen molar-refractivity contribution in [1.82, 2.24) is 10.4 Å². The molecule has 1 atom stereocenters. The normalized spacial score (nSPS) is 17.2. The van der Waals surface area contributed by atoms with E-state index in [9.17, 15) is 9.59 Å². The fourth-order valence-corrected chi connectivity index (χ4v) is 2.43. The van der Waals surface area contributed by atoms with Crippen LogP contribution >= 0.6 is 0 Å². The van der Waals surface area contributed by atoms with E-state index in [2.05, 4.69) is 20.8 Å². The van der Waals surface area contributed by atoms with E-state index in [-0.39, 0.29) is 17.7 Å². The fourth-order valence-electron chi connectivity index (χ4n) is 2.43. The van der Waals surface area contributed by atoms with Gasteiger partial charge in [0.1, 0.15) is 0 Å². The molecule has 0 saturated carbocycles. The standard InChI is InChI=1S/C17H16N4O2/c1-11-9-15(22)20-21-16(11)12-4-6-14(7-5-12)19-17(23)13-3-2-8-18-10-13/h2-8,10-11H,9H2,1H3,(H,19,23)(H,20,22). The first-order valence-electron chi connectivity index (χ1n) is 7.32. The number of benzene rings is 1. The summed E-state index contributed by atoms with van der Waals surface area (Å²) in [4.78, 5) is 27.3. The molecule has 1 aliphatic heterocycles. The van der Waals surface area contributed by atoms with E-state index in [0.717, 1.165) is 11.3 Å².